The van der Waals surface area contributed by atoms with Crippen LogP contribution in [0.5, 0.6) is 11.5 Å². The molecule has 1 N–H and O–H groups in total. The lowest BCUT2D eigenvalue weighted by molar-refractivity contribution is 0.0927. The van der Waals surface area contributed by atoms with Crippen molar-refractivity contribution in [2.24, 2.45) is 0 Å². The highest BCUT2D eigenvalue weighted by atomic mass is 35.5. The second-order valence-electron chi connectivity index (χ2n) is 6.53. The summed E-state index contributed by atoms with van der Waals surface area (Å²) in [5, 5.41) is 7.31. The lowest BCUT2D eigenvalue weighted by Crippen LogP contribution is -2.27. The van der Waals surface area contributed by atoms with Crippen LogP contribution >= 0.6 is 11.6 Å². The van der Waals surface area contributed by atoms with E-state index in [1.807, 2.05) is 18.2 Å². The third-order valence-electron chi connectivity index (χ3n) is 4.74. The molecule has 0 saturated heterocycles. The number of amides is 1. The summed E-state index contributed by atoms with van der Waals surface area (Å²) in [5.41, 5.74) is 2.67. The van der Waals surface area contributed by atoms with Gasteiger partial charge >= 0.3 is 0 Å². The number of ether oxygens (including phenoxy) is 2. The largest absolute Gasteiger partial charge is 0.497 e. The molecule has 1 aromatic heterocycles. The smallest absolute Gasteiger partial charge is 0.273 e. The van der Waals surface area contributed by atoms with Gasteiger partial charge in [-0.15, -0.1) is 0 Å². The molecule has 0 saturated carbocycles. The van der Waals surface area contributed by atoms with E-state index < -0.39 is 0 Å². The van der Waals surface area contributed by atoms with Crippen LogP contribution in [0.25, 0.3) is 0 Å². The van der Waals surface area contributed by atoms with Gasteiger partial charge in [0.1, 0.15) is 18.1 Å². The maximum Gasteiger partial charge on any atom is 0.273 e. The minimum Gasteiger partial charge on any atom is -0.497 e. The first-order valence-corrected chi connectivity index (χ1v) is 9.32. The first kappa shape index (κ1) is 18.4. The number of halogens is 1. The van der Waals surface area contributed by atoms with E-state index in [4.69, 9.17) is 25.6 Å². The van der Waals surface area contributed by atoms with Gasteiger partial charge in [0.15, 0.2) is 11.5 Å². The Morgan fingerprint density at radius 2 is 2.14 bits per heavy atom. The Hall–Kier alpha value is -2.99. The number of methoxy groups -OCH3 is 1. The Labute approximate surface area is 167 Å². The molecule has 4 rings (SSSR count). The number of hydrogen-bond donors (Lipinski definition) is 1. The number of nitrogens with one attached hydrogen (secondary N) is 1. The highest BCUT2D eigenvalue weighted by Gasteiger charge is 2.25. The molecule has 2 aromatic carbocycles. The lowest BCUT2D eigenvalue weighted by atomic mass is 10.1. The van der Waals surface area contributed by atoms with Gasteiger partial charge in [-0.2, -0.15) is 0 Å². The number of fused-ring (bicyclic) bond motifs is 1. The van der Waals surface area contributed by atoms with Crippen LogP contribution in [0.3, 0.4) is 0 Å². The standard InChI is InChI=1S/C21H19ClN2O4/c1-26-14-7-9-20(17(22)10-14)27-12-15-11-19(24-28-15)21(25)23-18-8-6-13-4-2-3-5-16(13)18/h2-5,7,9-11,18H,6,8,12H2,1H3,(H,23,25)/t18-/m0/s1. The van der Waals surface area contributed by atoms with Crippen molar-refractivity contribution in [1.29, 1.82) is 0 Å². The van der Waals surface area contributed by atoms with Crippen LogP contribution < -0.4 is 14.8 Å². The molecule has 0 aliphatic heterocycles. The Morgan fingerprint density at radius 1 is 1.29 bits per heavy atom. The molecule has 28 heavy (non-hydrogen) atoms. The number of rotatable bonds is 6. The summed E-state index contributed by atoms with van der Waals surface area (Å²) in [7, 11) is 1.57. The van der Waals surface area contributed by atoms with Gasteiger partial charge in [-0.3, -0.25) is 4.79 Å². The Balaban J connectivity index is 1.37. The molecule has 0 bridgehead atoms. The highest BCUT2D eigenvalue weighted by Crippen LogP contribution is 2.31. The molecule has 1 aliphatic carbocycles. The van der Waals surface area contributed by atoms with Crippen LogP contribution in [-0.2, 0) is 13.0 Å². The highest BCUT2D eigenvalue weighted by molar-refractivity contribution is 6.32. The van der Waals surface area contributed by atoms with Crippen LogP contribution in [0.15, 0.2) is 53.1 Å². The van der Waals surface area contributed by atoms with E-state index in [1.165, 1.54) is 5.56 Å². The van der Waals surface area contributed by atoms with Crippen molar-refractivity contribution in [3.63, 3.8) is 0 Å². The average Bonchev–Trinajstić information content (AvgIpc) is 3.34. The molecule has 1 aliphatic rings. The van der Waals surface area contributed by atoms with Crippen molar-refractivity contribution in [2.45, 2.75) is 25.5 Å². The van der Waals surface area contributed by atoms with Crippen LogP contribution in [-0.4, -0.2) is 18.2 Å². The van der Waals surface area contributed by atoms with E-state index in [0.29, 0.717) is 22.3 Å². The molecule has 1 amide bonds. The van der Waals surface area contributed by atoms with Gasteiger partial charge in [-0.1, -0.05) is 41.0 Å². The van der Waals surface area contributed by atoms with Gasteiger partial charge in [0.05, 0.1) is 18.2 Å². The number of hydrogen-bond acceptors (Lipinski definition) is 5. The van der Waals surface area contributed by atoms with Crippen molar-refractivity contribution in [2.75, 3.05) is 7.11 Å². The zero-order chi connectivity index (χ0) is 19.5. The summed E-state index contributed by atoms with van der Waals surface area (Å²) in [6.07, 6.45) is 1.84. The number of aromatic nitrogens is 1. The molecule has 1 heterocycles. The summed E-state index contributed by atoms with van der Waals surface area (Å²) in [4.78, 5) is 12.5. The number of benzene rings is 2. The molecule has 0 spiro atoms. The van der Waals surface area contributed by atoms with E-state index in [0.717, 1.165) is 18.4 Å². The van der Waals surface area contributed by atoms with Crippen LogP contribution in [0.1, 0.15) is 39.8 Å². The molecule has 0 unspecified atom stereocenters. The zero-order valence-electron chi connectivity index (χ0n) is 15.3. The summed E-state index contributed by atoms with van der Waals surface area (Å²) in [5.74, 6) is 1.31. The zero-order valence-corrected chi connectivity index (χ0v) is 16.0. The van der Waals surface area contributed by atoms with Gasteiger partial charge in [0.2, 0.25) is 0 Å². The molecular weight excluding hydrogens is 380 g/mol. The summed E-state index contributed by atoms with van der Waals surface area (Å²) >= 11 is 6.15. The van der Waals surface area contributed by atoms with Gasteiger partial charge in [-0.25, -0.2) is 0 Å². The number of nitrogens with zero attached hydrogens (tertiary/aromatic N) is 1. The monoisotopic (exact) mass is 398 g/mol. The quantitative estimate of drug-likeness (QED) is 0.668. The number of carbonyl (C=O) groups is 1. The van der Waals surface area contributed by atoms with Gasteiger partial charge < -0.3 is 19.3 Å². The minimum atomic E-state index is -0.265. The third-order valence-corrected chi connectivity index (χ3v) is 5.03. The van der Waals surface area contributed by atoms with Gasteiger partial charge in [0.25, 0.3) is 5.91 Å². The fraction of sp³-hybridized carbons (Fsp3) is 0.238. The molecule has 0 radical (unpaired) electrons. The van der Waals surface area contributed by atoms with Gasteiger partial charge in [0, 0.05) is 12.1 Å². The first-order chi connectivity index (χ1) is 13.6. The lowest BCUT2D eigenvalue weighted by Gasteiger charge is -2.12. The number of aryl methyl sites for hydroxylation is 1. The molecule has 6 nitrogen and oxygen atoms in total. The van der Waals surface area contributed by atoms with E-state index in [9.17, 15) is 4.79 Å². The van der Waals surface area contributed by atoms with E-state index in [2.05, 4.69) is 16.5 Å². The molecule has 1 atom stereocenters. The van der Waals surface area contributed by atoms with Crippen LogP contribution in [0, 0.1) is 0 Å². The molecule has 0 fully saturated rings. The predicted octanol–water partition coefficient (Wildman–Crippen LogP) is 4.33. The fourth-order valence-corrected chi connectivity index (χ4v) is 3.53. The first-order valence-electron chi connectivity index (χ1n) is 8.94. The van der Waals surface area contributed by atoms with Crippen molar-refractivity contribution >= 4 is 17.5 Å². The molecular formula is C21H19ClN2O4. The van der Waals surface area contributed by atoms with Crippen molar-refractivity contribution in [3.05, 3.63) is 76.1 Å². The van der Waals surface area contributed by atoms with E-state index in [1.54, 1.807) is 31.4 Å². The summed E-state index contributed by atoms with van der Waals surface area (Å²) < 4.78 is 16.0. The second-order valence-corrected chi connectivity index (χ2v) is 6.93. The number of carbonyl (C=O) groups excluding carboxylic acids is 1. The van der Waals surface area contributed by atoms with E-state index >= 15 is 0 Å². The molecule has 3 aromatic rings. The molecule has 144 valence electrons. The fourth-order valence-electron chi connectivity index (χ4n) is 3.30. The van der Waals surface area contributed by atoms with E-state index in [-0.39, 0.29) is 24.2 Å². The Morgan fingerprint density at radius 3 is 2.96 bits per heavy atom. The normalized spacial score (nSPS) is 15.1. The maximum absolute atomic E-state index is 12.5. The second kappa shape index (κ2) is 7.94. The summed E-state index contributed by atoms with van der Waals surface area (Å²) in [6, 6.07) is 14.8. The Kier molecular flexibility index (Phi) is 5.21. The maximum atomic E-state index is 12.5. The minimum absolute atomic E-state index is 0.00166. The summed E-state index contributed by atoms with van der Waals surface area (Å²) in [6.45, 7) is 0.110. The van der Waals surface area contributed by atoms with Crippen molar-refractivity contribution in [3.8, 4) is 11.5 Å². The van der Waals surface area contributed by atoms with Gasteiger partial charge in [-0.05, 0) is 36.1 Å². The third kappa shape index (κ3) is 3.82. The predicted molar refractivity (Wildman–Crippen MR) is 104 cm³/mol. The molecule has 7 heteroatoms. The van der Waals surface area contributed by atoms with Crippen molar-refractivity contribution in [1.82, 2.24) is 10.5 Å². The average molecular weight is 399 g/mol. The topological polar surface area (TPSA) is 73.6 Å². The Bertz CT molecular complexity index is 1000. The SMILES string of the molecule is COc1ccc(OCc2cc(C(=O)N[C@H]3CCc4ccccc43)no2)c(Cl)c1. The van der Waals surface area contributed by atoms with Crippen LogP contribution in [0.4, 0.5) is 0 Å². The van der Waals surface area contributed by atoms with Crippen LogP contribution in [0.2, 0.25) is 5.02 Å². The van der Waals surface area contributed by atoms with Crippen molar-refractivity contribution < 1.29 is 18.8 Å².